The zero-order valence-electron chi connectivity index (χ0n) is 24.2. The molecule has 208 valence electrons. The zero-order chi connectivity index (χ0) is 28.0. The highest BCUT2D eigenvalue weighted by Gasteiger charge is 2.31. The van der Waals surface area contributed by atoms with Gasteiger partial charge < -0.3 is 14.6 Å². The SMILES string of the molecule is Cc1ccc(C(C)C)cc1N1CCc2nc(-c3c(C)ccc4[nH]ncc34)nc(N3CCN(CC=O)[C@H](C)C3)c2C1. The van der Waals surface area contributed by atoms with Crippen LogP contribution in [0.15, 0.2) is 36.5 Å². The number of hydrogen-bond donors (Lipinski definition) is 1. The Morgan fingerprint density at radius 3 is 2.65 bits per heavy atom. The molecule has 40 heavy (non-hydrogen) atoms. The Labute approximate surface area is 236 Å². The van der Waals surface area contributed by atoms with Crippen LogP contribution in [0.4, 0.5) is 11.5 Å². The Balaban J connectivity index is 1.45. The van der Waals surface area contributed by atoms with E-state index in [0.717, 1.165) is 84.8 Å². The Bertz CT molecular complexity index is 1560. The highest BCUT2D eigenvalue weighted by molar-refractivity contribution is 5.94. The third-order valence-corrected chi connectivity index (χ3v) is 8.71. The zero-order valence-corrected chi connectivity index (χ0v) is 24.2. The second-order valence-corrected chi connectivity index (χ2v) is 11.7. The molecule has 0 aliphatic carbocycles. The van der Waals surface area contributed by atoms with Crippen LogP contribution in [0.1, 0.15) is 54.6 Å². The predicted octanol–water partition coefficient (Wildman–Crippen LogP) is 5.03. The first-order chi connectivity index (χ1) is 19.3. The number of anilines is 2. The number of carbonyl (C=O) groups excluding carboxylic acids is 1. The highest BCUT2D eigenvalue weighted by Crippen LogP contribution is 2.37. The first-order valence-electron chi connectivity index (χ1n) is 14.4. The molecule has 0 radical (unpaired) electrons. The lowest BCUT2D eigenvalue weighted by atomic mass is 9.97. The number of aromatic amines is 1. The van der Waals surface area contributed by atoms with Gasteiger partial charge in [-0.15, -0.1) is 0 Å². The van der Waals surface area contributed by atoms with E-state index in [9.17, 15) is 4.79 Å². The lowest BCUT2D eigenvalue weighted by molar-refractivity contribution is -0.109. The van der Waals surface area contributed by atoms with Gasteiger partial charge in [-0.1, -0.05) is 32.0 Å². The van der Waals surface area contributed by atoms with E-state index >= 15 is 0 Å². The van der Waals surface area contributed by atoms with E-state index in [0.29, 0.717) is 12.5 Å². The third-order valence-electron chi connectivity index (χ3n) is 8.71. The molecule has 1 fully saturated rings. The van der Waals surface area contributed by atoms with E-state index < -0.39 is 0 Å². The summed E-state index contributed by atoms with van der Waals surface area (Å²) >= 11 is 0. The quantitative estimate of drug-likeness (QED) is 0.346. The molecule has 0 amide bonds. The Kier molecular flexibility index (Phi) is 7.04. The number of piperazine rings is 1. The second-order valence-electron chi connectivity index (χ2n) is 11.7. The molecule has 2 aromatic heterocycles. The van der Waals surface area contributed by atoms with Crippen molar-refractivity contribution in [3.8, 4) is 11.4 Å². The van der Waals surface area contributed by atoms with Gasteiger partial charge in [0.15, 0.2) is 5.82 Å². The van der Waals surface area contributed by atoms with Crippen LogP contribution >= 0.6 is 0 Å². The molecule has 8 nitrogen and oxygen atoms in total. The van der Waals surface area contributed by atoms with Crippen molar-refractivity contribution in [2.45, 2.75) is 59.5 Å². The Morgan fingerprint density at radius 1 is 1.05 bits per heavy atom. The molecule has 4 heterocycles. The monoisotopic (exact) mass is 537 g/mol. The summed E-state index contributed by atoms with van der Waals surface area (Å²) in [5.74, 6) is 2.28. The number of aryl methyl sites for hydroxylation is 2. The van der Waals surface area contributed by atoms with E-state index in [4.69, 9.17) is 9.97 Å². The topological polar surface area (TPSA) is 81.2 Å². The number of hydrogen-bond acceptors (Lipinski definition) is 7. The van der Waals surface area contributed by atoms with Crippen LogP contribution in [0.3, 0.4) is 0 Å². The van der Waals surface area contributed by atoms with E-state index in [2.05, 4.69) is 89.8 Å². The summed E-state index contributed by atoms with van der Waals surface area (Å²) in [6, 6.07) is 11.3. The van der Waals surface area contributed by atoms with Crippen molar-refractivity contribution >= 4 is 28.7 Å². The van der Waals surface area contributed by atoms with Gasteiger partial charge in [-0.05, 0) is 55.5 Å². The van der Waals surface area contributed by atoms with Gasteiger partial charge in [-0.3, -0.25) is 10.00 Å². The number of aromatic nitrogens is 4. The molecular formula is C32H39N7O. The summed E-state index contributed by atoms with van der Waals surface area (Å²) in [6.45, 7) is 15.7. The van der Waals surface area contributed by atoms with E-state index in [1.54, 1.807) is 0 Å². The average molecular weight is 538 g/mol. The molecule has 2 aliphatic rings. The fourth-order valence-electron chi connectivity index (χ4n) is 6.28. The van der Waals surface area contributed by atoms with Gasteiger partial charge in [0.25, 0.3) is 0 Å². The van der Waals surface area contributed by atoms with Gasteiger partial charge in [0.05, 0.1) is 24.0 Å². The number of rotatable bonds is 6. The molecule has 0 bridgehead atoms. The molecule has 2 aromatic carbocycles. The van der Waals surface area contributed by atoms with Gasteiger partial charge in [0.2, 0.25) is 0 Å². The average Bonchev–Trinajstić information content (AvgIpc) is 3.42. The van der Waals surface area contributed by atoms with Crippen molar-refractivity contribution in [3.05, 3.63) is 64.5 Å². The first-order valence-corrected chi connectivity index (χ1v) is 14.4. The van der Waals surface area contributed by atoms with Crippen molar-refractivity contribution in [2.75, 3.05) is 42.5 Å². The van der Waals surface area contributed by atoms with Crippen LogP contribution in [0.5, 0.6) is 0 Å². The lowest BCUT2D eigenvalue weighted by Gasteiger charge is -2.41. The molecule has 1 N–H and O–H groups in total. The van der Waals surface area contributed by atoms with E-state index in [-0.39, 0.29) is 6.04 Å². The Morgan fingerprint density at radius 2 is 1.88 bits per heavy atom. The highest BCUT2D eigenvalue weighted by atomic mass is 16.1. The molecule has 1 atom stereocenters. The summed E-state index contributed by atoms with van der Waals surface area (Å²) in [5.41, 5.74) is 9.50. The molecule has 2 aliphatic heterocycles. The van der Waals surface area contributed by atoms with Crippen LogP contribution in [-0.2, 0) is 17.8 Å². The summed E-state index contributed by atoms with van der Waals surface area (Å²) in [4.78, 5) is 29.0. The fourth-order valence-corrected chi connectivity index (χ4v) is 6.28. The minimum absolute atomic E-state index is 0.261. The summed E-state index contributed by atoms with van der Waals surface area (Å²) in [6.07, 6.45) is 3.76. The predicted molar refractivity (Wildman–Crippen MR) is 161 cm³/mol. The Hall–Kier alpha value is -3.78. The lowest BCUT2D eigenvalue weighted by Crippen LogP contribution is -2.53. The van der Waals surface area contributed by atoms with Crippen LogP contribution in [0.25, 0.3) is 22.3 Å². The molecule has 1 saturated heterocycles. The number of fused-ring (bicyclic) bond motifs is 2. The summed E-state index contributed by atoms with van der Waals surface area (Å²) in [7, 11) is 0. The van der Waals surface area contributed by atoms with Crippen LogP contribution in [0.2, 0.25) is 0 Å². The largest absolute Gasteiger partial charge is 0.366 e. The van der Waals surface area contributed by atoms with Gasteiger partial charge in [-0.25, -0.2) is 9.97 Å². The minimum atomic E-state index is 0.261. The van der Waals surface area contributed by atoms with Crippen molar-refractivity contribution in [3.63, 3.8) is 0 Å². The first kappa shape index (κ1) is 26.4. The van der Waals surface area contributed by atoms with Crippen molar-refractivity contribution in [1.29, 1.82) is 0 Å². The third kappa shape index (κ3) is 4.74. The smallest absolute Gasteiger partial charge is 0.162 e. The maximum absolute atomic E-state index is 11.3. The van der Waals surface area contributed by atoms with Gasteiger partial charge in [-0.2, -0.15) is 5.10 Å². The normalized spacial score (nSPS) is 18.0. The standard InChI is InChI=1S/C32H39N7O/c1-20(2)24-8-6-21(3)29(16-24)38-11-10-27-26(19-38)32(39-13-12-37(14-15-40)23(5)18-39)35-31(34-27)30-22(4)7-9-28-25(30)17-33-36-28/h6-9,15-17,20,23H,10-14,18-19H2,1-5H3,(H,33,36)/t23-/m1/s1. The number of nitrogens with one attached hydrogen (secondary N) is 1. The summed E-state index contributed by atoms with van der Waals surface area (Å²) < 4.78 is 0. The van der Waals surface area contributed by atoms with Crippen molar-refractivity contribution < 1.29 is 4.79 Å². The van der Waals surface area contributed by atoms with Crippen LogP contribution < -0.4 is 9.80 Å². The van der Waals surface area contributed by atoms with E-state index in [1.165, 1.54) is 22.4 Å². The van der Waals surface area contributed by atoms with Gasteiger partial charge in [0, 0.05) is 67.4 Å². The molecule has 0 saturated carbocycles. The number of H-pyrrole nitrogens is 1. The molecule has 8 heteroatoms. The van der Waals surface area contributed by atoms with Crippen molar-refractivity contribution in [1.82, 2.24) is 25.1 Å². The molecular weight excluding hydrogens is 498 g/mol. The van der Waals surface area contributed by atoms with Crippen LogP contribution in [0, 0.1) is 13.8 Å². The number of carbonyl (C=O) groups is 1. The fraction of sp³-hybridized carbons (Fsp3) is 0.438. The van der Waals surface area contributed by atoms with Crippen LogP contribution in [-0.4, -0.2) is 70.1 Å². The van der Waals surface area contributed by atoms with Gasteiger partial charge in [0.1, 0.15) is 12.1 Å². The summed E-state index contributed by atoms with van der Waals surface area (Å²) in [5, 5.41) is 8.46. The number of benzene rings is 2. The van der Waals surface area contributed by atoms with Crippen molar-refractivity contribution in [2.24, 2.45) is 0 Å². The minimum Gasteiger partial charge on any atom is -0.366 e. The number of aldehydes is 1. The maximum atomic E-state index is 11.3. The molecule has 6 rings (SSSR count). The van der Waals surface area contributed by atoms with E-state index in [1.807, 2.05) is 6.20 Å². The maximum Gasteiger partial charge on any atom is 0.162 e. The molecule has 0 spiro atoms. The number of nitrogens with zero attached hydrogens (tertiary/aromatic N) is 6. The molecule has 0 unspecified atom stereocenters. The molecule has 4 aromatic rings. The van der Waals surface area contributed by atoms with Gasteiger partial charge >= 0.3 is 0 Å². The second kappa shape index (κ2) is 10.7.